The summed E-state index contributed by atoms with van der Waals surface area (Å²) in [4.78, 5) is 24.3. The molecular formula is C24H28N4O2. The molecule has 2 aliphatic rings. The highest BCUT2D eigenvalue weighted by molar-refractivity contribution is 5.95. The molecule has 3 aromatic rings. The van der Waals surface area contributed by atoms with Gasteiger partial charge >= 0.3 is 0 Å². The normalized spacial score (nSPS) is 20.0. The molecule has 1 aliphatic carbocycles. The van der Waals surface area contributed by atoms with Crippen LogP contribution >= 0.6 is 0 Å². The minimum absolute atomic E-state index is 0.0501. The number of likely N-dealkylation sites (tertiary alicyclic amines) is 1. The van der Waals surface area contributed by atoms with E-state index in [4.69, 9.17) is 4.42 Å². The molecule has 1 atom stereocenters. The van der Waals surface area contributed by atoms with E-state index < -0.39 is 0 Å². The van der Waals surface area contributed by atoms with Crippen molar-refractivity contribution in [2.75, 3.05) is 18.4 Å². The maximum absolute atomic E-state index is 13.3. The predicted octanol–water partition coefficient (Wildman–Crippen LogP) is 4.74. The summed E-state index contributed by atoms with van der Waals surface area (Å²) in [5.41, 5.74) is 4.36. The van der Waals surface area contributed by atoms with Gasteiger partial charge in [0, 0.05) is 24.5 Å². The molecule has 1 saturated heterocycles. The summed E-state index contributed by atoms with van der Waals surface area (Å²) in [6.07, 6.45) is 3.16. The lowest BCUT2D eigenvalue weighted by Gasteiger charge is -2.18. The molecule has 156 valence electrons. The van der Waals surface area contributed by atoms with E-state index in [9.17, 15) is 4.79 Å². The highest BCUT2D eigenvalue weighted by Crippen LogP contribution is 2.39. The van der Waals surface area contributed by atoms with Gasteiger partial charge < -0.3 is 14.6 Å². The first-order valence-electron chi connectivity index (χ1n) is 10.7. The van der Waals surface area contributed by atoms with Crippen molar-refractivity contribution in [1.82, 2.24) is 14.9 Å². The van der Waals surface area contributed by atoms with Crippen molar-refractivity contribution in [1.29, 1.82) is 0 Å². The van der Waals surface area contributed by atoms with Crippen LogP contribution in [0.25, 0.3) is 11.1 Å². The smallest absolute Gasteiger partial charge is 0.291 e. The van der Waals surface area contributed by atoms with Crippen molar-refractivity contribution >= 4 is 22.8 Å². The van der Waals surface area contributed by atoms with Gasteiger partial charge in [-0.1, -0.05) is 29.3 Å². The van der Waals surface area contributed by atoms with Gasteiger partial charge in [0.05, 0.1) is 5.39 Å². The first-order valence-corrected chi connectivity index (χ1v) is 10.7. The third-order valence-corrected chi connectivity index (χ3v) is 6.32. The lowest BCUT2D eigenvalue weighted by atomic mass is 9.95. The molecule has 5 rings (SSSR count). The summed E-state index contributed by atoms with van der Waals surface area (Å²) in [6.45, 7) is 9.72. The Balaban J connectivity index is 1.42. The molecule has 2 aromatic heterocycles. The van der Waals surface area contributed by atoms with Gasteiger partial charge in [0.2, 0.25) is 11.5 Å². The minimum Gasteiger partial charge on any atom is -0.443 e. The number of nitrogens with one attached hydrogen (secondary N) is 1. The Morgan fingerprint density at radius 2 is 1.87 bits per heavy atom. The van der Waals surface area contributed by atoms with Crippen LogP contribution in [0.15, 0.2) is 28.7 Å². The summed E-state index contributed by atoms with van der Waals surface area (Å²) >= 11 is 0. The van der Waals surface area contributed by atoms with Gasteiger partial charge in [0.1, 0.15) is 11.6 Å². The van der Waals surface area contributed by atoms with Gasteiger partial charge in [-0.2, -0.15) is 4.98 Å². The molecule has 1 amide bonds. The fraction of sp³-hybridized carbons (Fsp3) is 0.458. The van der Waals surface area contributed by atoms with Crippen LogP contribution in [0.4, 0.5) is 5.82 Å². The quantitative estimate of drug-likeness (QED) is 0.680. The molecule has 1 aromatic carbocycles. The van der Waals surface area contributed by atoms with E-state index in [2.05, 4.69) is 54.3 Å². The third-order valence-electron chi connectivity index (χ3n) is 6.32. The predicted molar refractivity (Wildman–Crippen MR) is 117 cm³/mol. The van der Waals surface area contributed by atoms with Crippen molar-refractivity contribution in [3.63, 3.8) is 0 Å². The van der Waals surface area contributed by atoms with E-state index in [0.717, 1.165) is 37.0 Å². The molecule has 30 heavy (non-hydrogen) atoms. The van der Waals surface area contributed by atoms with Crippen LogP contribution in [-0.2, 0) is 0 Å². The topological polar surface area (TPSA) is 71.3 Å². The number of fused-ring (bicyclic) bond motifs is 1. The summed E-state index contributed by atoms with van der Waals surface area (Å²) in [5.74, 6) is 1.91. The average Bonchev–Trinajstić information content (AvgIpc) is 3.07. The number of aromatic nitrogens is 2. The number of hydrogen-bond acceptors (Lipinski definition) is 5. The number of nitrogens with zero attached hydrogens (tertiary/aromatic N) is 3. The van der Waals surface area contributed by atoms with E-state index in [-0.39, 0.29) is 17.3 Å². The van der Waals surface area contributed by atoms with Crippen LogP contribution in [-0.4, -0.2) is 39.4 Å². The Morgan fingerprint density at radius 1 is 1.13 bits per heavy atom. The second-order valence-corrected chi connectivity index (χ2v) is 9.32. The van der Waals surface area contributed by atoms with Gasteiger partial charge in [-0.05, 0) is 58.6 Å². The van der Waals surface area contributed by atoms with E-state index >= 15 is 0 Å². The molecule has 6 heteroatoms. The van der Waals surface area contributed by atoms with Gasteiger partial charge in [-0.3, -0.25) is 4.79 Å². The van der Waals surface area contributed by atoms with Gasteiger partial charge in [0.25, 0.3) is 5.91 Å². The Bertz CT molecular complexity index is 1130. The molecule has 3 heterocycles. The van der Waals surface area contributed by atoms with Crippen molar-refractivity contribution in [2.24, 2.45) is 0 Å². The highest BCUT2D eigenvalue weighted by Gasteiger charge is 2.38. The van der Waals surface area contributed by atoms with Crippen molar-refractivity contribution in [2.45, 2.75) is 58.4 Å². The van der Waals surface area contributed by atoms with E-state index in [1.54, 1.807) is 0 Å². The Morgan fingerprint density at radius 3 is 2.57 bits per heavy atom. The van der Waals surface area contributed by atoms with Gasteiger partial charge in [-0.15, -0.1) is 0 Å². The number of carbonyl (C=O) groups is 1. The lowest BCUT2D eigenvalue weighted by Crippen LogP contribution is -2.30. The van der Waals surface area contributed by atoms with Crippen molar-refractivity contribution in [3.8, 4) is 0 Å². The van der Waals surface area contributed by atoms with E-state index in [1.165, 1.54) is 16.7 Å². The Hall–Kier alpha value is -2.89. The van der Waals surface area contributed by atoms with E-state index in [1.807, 2.05) is 17.9 Å². The van der Waals surface area contributed by atoms with Crippen molar-refractivity contribution in [3.05, 3.63) is 52.5 Å². The first kappa shape index (κ1) is 19.1. The molecule has 1 saturated carbocycles. The SMILES string of the molecule is Cc1cc(C)cc(C2CCN(C(=O)c3nc(NC4(C)CC4)c4cc(C)oc4n3)C2)c1. The Kier molecular flexibility index (Phi) is 4.34. The molecule has 6 nitrogen and oxygen atoms in total. The van der Waals surface area contributed by atoms with Crippen LogP contribution < -0.4 is 5.32 Å². The largest absolute Gasteiger partial charge is 0.443 e. The molecule has 1 N–H and O–H groups in total. The standard InChI is InChI=1S/C24H28N4O2/c1-14-9-15(2)11-18(10-14)17-5-8-28(13-17)23(29)21-25-20(27-24(4)6-7-24)19-12-16(3)30-22(19)26-21/h9-12,17H,5-8,13H2,1-4H3,(H,25,26,27). The summed E-state index contributed by atoms with van der Waals surface area (Å²) in [5, 5.41) is 4.34. The minimum atomic E-state index is -0.123. The molecule has 2 fully saturated rings. The van der Waals surface area contributed by atoms with Crippen molar-refractivity contribution < 1.29 is 9.21 Å². The molecule has 1 aliphatic heterocycles. The fourth-order valence-electron chi connectivity index (χ4n) is 4.44. The molecule has 0 radical (unpaired) electrons. The maximum atomic E-state index is 13.3. The van der Waals surface area contributed by atoms with Crippen LogP contribution in [0.2, 0.25) is 0 Å². The number of anilines is 1. The summed E-state index contributed by atoms with van der Waals surface area (Å²) < 4.78 is 5.75. The van der Waals surface area contributed by atoms with E-state index in [0.29, 0.717) is 24.0 Å². The second-order valence-electron chi connectivity index (χ2n) is 9.32. The van der Waals surface area contributed by atoms with Crippen LogP contribution in [0.1, 0.15) is 65.2 Å². The molecular weight excluding hydrogens is 376 g/mol. The number of benzene rings is 1. The maximum Gasteiger partial charge on any atom is 0.291 e. The van der Waals surface area contributed by atoms with Crippen LogP contribution in [0.3, 0.4) is 0 Å². The van der Waals surface area contributed by atoms with Crippen LogP contribution in [0, 0.1) is 20.8 Å². The summed E-state index contributed by atoms with van der Waals surface area (Å²) in [6, 6.07) is 8.59. The van der Waals surface area contributed by atoms with Gasteiger partial charge in [-0.25, -0.2) is 4.98 Å². The summed E-state index contributed by atoms with van der Waals surface area (Å²) in [7, 11) is 0. The second kappa shape index (κ2) is 6.83. The third kappa shape index (κ3) is 3.55. The zero-order valence-electron chi connectivity index (χ0n) is 18.1. The number of rotatable bonds is 4. The number of amides is 1. The zero-order chi connectivity index (χ0) is 21.0. The number of aryl methyl sites for hydroxylation is 3. The van der Waals surface area contributed by atoms with Gasteiger partial charge in [0.15, 0.2) is 0 Å². The van der Waals surface area contributed by atoms with Crippen LogP contribution in [0.5, 0.6) is 0 Å². The number of carbonyl (C=O) groups excluding carboxylic acids is 1. The monoisotopic (exact) mass is 404 g/mol. The average molecular weight is 405 g/mol. The fourth-order valence-corrected chi connectivity index (χ4v) is 4.44. The molecule has 1 unspecified atom stereocenters. The molecule has 0 spiro atoms. The lowest BCUT2D eigenvalue weighted by molar-refractivity contribution is 0.0779. The highest BCUT2D eigenvalue weighted by atomic mass is 16.3. The Labute approximate surface area is 176 Å². The first-order chi connectivity index (χ1) is 14.3. The number of hydrogen-bond donors (Lipinski definition) is 1. The molecule has 0 bridgehead atoms. The number of furan rings is 1. The zero-order valence-corrected chi connectivity index (χ0v) is 18.1.